The van der Waals surface area contributed by atoms with E-state index < -0.39 is 6.10 Å². The molecular formula is C12H11IN2O. The van der Waals surface area contributed by atoms with Gasteiger partial charge < -0.3 is 5.11 Å². The molecule has 0 saturated heterocycles. The predicted molar refractivity (Wildman–Crippen MR) is 69.9 cm³/mol. The first kappa shape index (κ1) is 11.5. The molecule has 0 aliphatic rings. The molecule has 1 aromatic carbocycles. The van der Waals surface area contributed by atoms with E-state index >= 15 is 0 Å². The molecule has 0 aliphatic carbocycles. The van der Waals surface area contributed by atoms with Crippen LogP contribution in [0.3, 0.4) is 0 Å². The number of halogens is 1. The van der Waals surface area contributed by atoms with Gasteiger partial charge in [-0.15, -0.1) is 0 Å². The first-order valence-corrected chi connectivity index (χ1v) is 6.02. The number of hydrogen-bond acceptors (Lipinski definition) is 3. The van der Waals surface area contributed by atoms with Gasteiger partial charge in [0.1, 0.15) is 6.10 Å². The summed E-state index contributed by atoms with van der Waals surface area (Å²) in [6.07, 6.45) is 4.76. The average Bonchev–Trinajstić information content (AvgIpc) is 2.33. The molecule has 0 amide bonds. The minimum absolute atomic E-state index is 0.565. The second-order valence-corrected chi connectivity index (χ2v) is 4.72. The molecule has 0 fully saturated rings. The zero-order valence-corrected chi connectivity index (χ0v) is 10.7. The number of rotatable bonds is 3. The summed E-state index contributed by atoms with van der Waals surface area (Å²) in [6, 6.07) is 8.08. The summed E-state index contributed by atoms with van der Waals surface area (Å²) in [5, 5.41) is 9.94. The van der Waals surface area contributed by atoms with Crippen molar-refractivity contribution in [2.24, 2.45) is 0 Å². The topological polar surface area (TPSA) is 46.0 Å². The van der Waals surface area contributed by atoms with E-state index in [9.17, 15) is 5.11 Å². The van der Waals surface area contributed by atoms with E-state index in [2.05, 4.69) is 32.6 Å². The van der Waals surface area contributed by atoms with E-state index in [0.717, 1.165) is 5.56 Å². The van der Waals surface area contributed by atoms with Gasteiger partial charge in [-0.25, -0.2) is 0 Å². The summed E-state index contributed by atoms with van der Waals surface area (Å²) < 4.78 is 1.19. The molecule has 2 aromatic rings. The van der Waals surface area contributed by atoms with Crippen LogP contribution in [0, 0.1) is 3.57 Å². The van der Waals surface area contributed by atoms with Crippen LogP contribution >= 0.6 is 22.6 Å². The summed E-state index contributed by atoms with van der Waals surface area (Å²) in [5.74, 6) is 0. The third-order valence-corrected chi connectivity index (χ3v) is 2.99. The molecule has 3 nitrogen and oxygen atoms in total. The summed E-state index contributed by atoms with van der Waals surface area (Å²) in [4.78, 5) is 8.02. The summed E-state index contributed by atoms with van der Waals surface area (Å²) in [7, 11) is 0. The number of hydrogen-bond donors (Lipinski definition) is 1. The minimum Gasteiger partial charge on any atom is -0.386 e. The molecular weight excluding hydrogens is 315 g/mol. The third kappa shape index (κ3) is 2.99. The van der Waals surface area contributed by atoms with Crippen molar-refractivity contribution in [2.45, 2.75) is 12.5 Å². The van der Waals surface area contributed by atoms with Gasteiger partial charge in [-0.2, -0.15) is 0 Å². The lowest BCUT2D eigenvalue weighted by atomic mass is 10.1. The molecule has 0 bridgehead atoms. The van der Waals surface area contributed by atoms with Crippen molar-refractivity contribution >= 4 is 22.6 Å². The molecule has 1 heterocycles. The SMILES string of the molecule is OC(Cc1ccc(I)cc1)c1cnccn1. The van der Waals surface area contributed by atoms with Crippen molar-refractivity contribution in [3.8, 4) is 0 Å². The average molecular weight is 326 g/mol. The molecule has 1 aromatic heterocycles. The quantitative estimate of drug-likeness (QED) is 0.881. The summed E-state index contributed by atoms with van der Waals surface area (Å²) >= 11 is 2.26. The van der Waals surface area contributed by atoms with Crippen LogP contribution in [0.2, 0.25) is 0 Å². The lowest BCUT2D eigenvalue weighted by Crippen LogP contribution is -2.04. The van der Waals surface area contributed by atoms with Crippen LogP contribution < -0.4 is 0 Å². The highest BCUT2D eigenvalue weighted by molar-refractivity contribution is 14.1. The van der Waals surface area contributed by atoms with Crippen LogP contribution in [-0.4, -0.2) is 15.1 Å². The van der Waals surface area contributed by atoms with Crippen molar-refractivity contribution in [3.05, 3.63) is 57.7 Å². The number of aromatic nitrogens is 2. The lowest BCUT2D eigenvalue weighted by Gasteiger charge is -2.09. The monoisotopic (exact) mass is 326 g/mol. The van der Waals surface area contributed by atoms with Gasteiger partial charge in [-0.05, 0) is 40.3 Å². The third-order valence-electron chi connectivity index (χ3n) is 2.27. The molecule has 82 valence electrons. The number of aliphatic hydroxyl groups excluding tert-OH is 1. The molecule has 0 radical (unpaired) electrons. The second-order valence-electron chi connectivity index (χ2n) is 3.48. The van der Waals surface area contributed by atoms with E-state index in [-0.39, 0.29) is 0 Å². The highest BCUT2D eigenvalue weighted by Crippen LogP contribution is 2.16. The van der Waals surface area contributed by atoms with Crippen LogP contribution in [0.15, 0.2) is 42.9 Å². The maximum Gasteiger partial charge on any atom is 0.102 e. The Labute approximate surface area is 108 Å². The molecule has 4 heteroatoms. The van der Waals surface area contributed by atoms with Crippen LogP contribution in [0.25, 0.3) is 0 Å². The molecule has 0 spiro atoms. The largest absolute Gasteiger partial charge is 0.386 e. The second kappa shape index (κ2) is 5.36. The smallest absolute Gasteiger partial charge is 0.102 e. The Bertz CT molecular complexity index is 444. The van der Waals surface area contributed by atoms with E-state index in [1.54, 1.807) is 18.6 Å². The minimum atomic E-state index is -0.589. The molecule has 1 unspecified atom stereocenters. The van der Waals surface area contributed by atoms with Gasteiger partial charge in [0.2, 0.25) is 0 Å². The van der Waals surface area contributed by atoms with E-state index in [4.69, 9.17) is 0 Å². The van der Waals surface area contributed by atoms with Gasteiger partial charge in [0, 0.05) is 22.4 Å². The number of aliphatic hydroxyl groups is 1. The van der Waals surface area contributed by atoms with Crippen molar-refractivity contribution in [1.29, 1.82) is 0 Å². The van der Waals surface area contributed by atoms with Gasteiger partial charge in [-0.3, -0.25) is 9.97 Å². The standard InChI is InChI=1S/C12H11IN2O/c13-10-3-1-9(2-4-10)7-12(16)11-8-14-5-6-15-11/h1-6,8,12,16H,7H2. The van der Waals surface area contributed by atoms with Crippen molar-refractivity contribution < 1.29 is 5.11 Å². The number of nitrogens with zero attached hydrogens (tertiary/aromatic N) is 2. The van der Waals surface area contributed by atoms with Crippen molar-refractivity contribution in [1.82, 2.24) is 9.97 Å². The Kier molecular flexibility index (Phi) is 3.84. The van der Waals surface area contributed by atoms with Gasteiger partial charge in [0.15, 0.2) is 0 Å². The molecule has 16 heavy (non-hydrogen) atoms. The Morgan fingerprint density at radius 2 is 1.94 bits per heavy atom. The van der Waals surface area contributed by atoms with Crippen molar-refractivity contribution in [2.75, 3.05) is 0 Å². The van der Waals surface area contributed by atoms with Gasteiger partial charge in [-0.1, -0.05) is 12.1 Å². The highest BCUT2D eigenvalue weighted by atomic mass is 127. The zero-order chi connectivity index (χ0) is 11.4. The highest BCUT2D eigenvalue weighted by Gasteiger charge is 2.09. The van der Waals surface area contributed by atoms with E-state index in [1.165, 1.54) is 3.57 Å². The Balaban J connectivity index is 2.08. The maximum atomic E-state index is 9.94. The molecule has 0 aliphatic heterocycles. The lowest BCUT2D eigenvalue weighted by molar-refractivity contribution is 0.173. The molecule has 0 saturated carbocycles. The maximum absolute atomic E-state index is 9.94. The summed E-state index contributed by atoms with van der Waals surface area (Å²) in [6.45, 7) is 0. The van der Waals surface area contributed by atoms with Gasteiger partial charge in [0.05, 0.1) is 11.9 Å². The first-order valence-electron chi connectivity index (χ1n) is 4.94. The molecule has 1 N–H and O–H groups in total. The van der Waals surface area contributed by atoms with E-state index in [0.29, 0.717) is 12.1 Å². The molecule has 2 rings (SSSR count). The fraction of sp³-hybridized carbons (Fsp3) is 0.167. The normalized spacial score (nSPS) is 12.4. The van der Waals surface area contributed by atoms with Crippen LogP contribution in [0.1, 0.15) is 17.4 Å². The van der Waals surface area contributed by atoms with Gasteiger partial charge >= 0.3 is 0 Å². The fourth-order valence-electron chi connectivity index (χ4n) is 1.43. The summed E-state index contributed by atoms with van der Waals surface area (Å²) in [5.41, 5.74) is 1.71. The van der Waals surface area contributed by atoms with Gasteiger partial charge in [0.25, 0.3) is 0 Å². The predicted octanol–water partition coefficient (Wildman–Crippen LogP) is 2.36. The number of benzene rings is 1. The Morgan fingerprint density at radius 1 is 1.19 bits per heavy atom. The van der Waals surface area contributed by atoms with Crippen LogP contribution in [-0.2, 0) is 6.42 Å². The Hall–Kier alpha value is -1.01. The fourth-order valence-corrected chi connectivity index (χ4v) is 1.79. The zero-order valence-electron chi connectivity index (χ0n) is 8.55. The van der Waals surface area contributed by atoms with Crippen LogP contribution in [0.5, 0.6) is 0 Å². The first-order chi connectivity index (χ1) is 7.75. The van der Waals surface area contributed by atoms with E-state index in [1.807, 2.05) is 24.3 Å². The Morgan fingerprint density at radius 3 is 2.56 bits per heavy atom. The van der Waals surface area contributed by atoms with Crippen molar-refractivity contribution in [3.63, 3.8) is 0 Å². The van der Waals surface area contributed by atoms with Crippen LogP contribution in [0.4, 0.5) is 0 Å². The molecule has 1 atom stereocenters.